The van der Waals surface area contributed by atoms with Crippen molar-refractivity contribution in [1.29, 1.82) is 0 Å². The van der Waals surface area contributed by atoms with Crippen LogP contribution in [0, 0.1) is 6.92 Å². The largest absolute Gasteiger partial charge is 0.353 e. The predicted molar refractivity (Wildman–Crippen MR) is 70.9 cm³/mol. The zero-order valence-electron chi connectivity index (χ0n) is 11.1. The molecule has 0 spiro atoms. The fourth-order valence-corrected chi connectivity index (χ4v) is 1.80. The fraction of sp³-hybridized carbons (Fsp3) is 0.500. The molecule has 3 heteroatoms. The molecule has 94 valence electrons. The van der Waals surface area contributed by atoms with Crippen LogP contribution in [0.25, 0.3) is 0 Å². The molecular formula is C14H22N2O. The number of carbonyl (C=O) groups is 1. The quantitative estimate of drug-likeness (QED) is 0.820. The van der Waals surface area contributed by atoms with E-state index in [1.807, 2.05) is 26.0 Å². The van der Waals surface area contributed by atoms with Gasteiger partial charge >= 0.3 is 0 Å². The van der Waals surface area contributed by atoms with E-state index < -0.39 is 0 Å². The van der Waals surface area contributed by atoms with Crippen LogP contribution in [0.5, 0.6) is 0 Å². The molecule has 0 radical (unpaired) electrons. The Hall–Kier alpha value is -1.35. The number of aryl methyl sites for hydroxylation is 1. The number of hydrogen-bond donors (Lipinski definition) is 2. The highest BCUT2D eigenvalue weighted by molar-refractivity contribution is 5.78. The van der Waals surface area contributed by atoms with E-state index in [9.17, 15) is 4.79 Å². The minimum atomic E-state index is 0.0421. The highest BCUT2D eigenvalue weighted by Crippen LogP contribution is 2.15. The molecule has 0 saturated carbocycles. The van der Waals surface area contributed by atoms with Gasteiger partial charge in [-0.05, 0) is 38.8 Å². The van der Waals surface area contributed by atoms with E-state index in [0.29, 0.717) is 6.54 Å². The van der Waals surface area contributed by atoms with Crippen molar-refractivity contribution in [2.24, 2.45) is 0 Å². The molecule has 0 aliphatic carbocycles. The number of amides is 1. The molecule has 1 rings (SSSR count). The van der Waals surface area contributed by atoms with Crippen LogP contribution in [-0.4, -0.2) is 18.5 Å². The van der Waals surface area contributed by atoms with Gasteiger partial charge in [0.05, 0.1) is 6.54 Å². The van der Waals surface area contributed by atoms with E-state index in [4.69, 9.17) is 0 Å². The summed E-state index contributed by atoms with van der Waals surface area (Å²) in [6.07, 6.45) is 0. The van der Waals surface area contributed by atoms with Crippen molar-refractivity contribution in [3.8, 4) is 0 Å². The Bertz CT molecular complexity index is 374. The summed E-state index contributed by atoms with van der Waals surface area (Å²) in [5.41, 5.74) is 2.49. The normalized spacial score (nSPS) is 12.5. The Morgan fingerprint density at radius 2 is 1.88 bits per heavy atom. The topological polar surface area (TPSA) is 41.1 Å². The molecule has 2 N–H and O–H groups in total. The number of nitrogens with one attached hydrogen (secondary N) is 2. The summed E-state index contributed by atoms with van der Waals surface area (Å²) in [5.74, 6) is 0.0421. The highest BCUT2D eigenvalue weighted by atomic mass is 16.1. The van der Waals surface area contributed by atoms with Crippen molar-refractivity contribution < 1.29 is 4.79 Å². The van der Waals surface area contributed by atoms with Gasteiger partial charge in [-0.2, -0.15) is 0 Å². The fourth-order valence-electron chi connectivity index (χ4n) is 1.80. The van der Waals surface area contributed by atoms with Gasteiger partial charge in [-0.25, -0.2) is 0 Å². The van der Waals surface area contributed by atoms with Gasteiger partial charge in [0.2, 0.25) is 5.91 Å². The van der Waals surface area contributed by atoms with Gasteiger partial charge in [-0.15, -0.1) is 0 Å². The first-order valence-corrected chi connectivity index (χ1v) is 6.09. The third-order valence-corrected chi connectivity index (χ3v) is 2.67. The maximum atomic E-state index is 11.5. The molecule has 0 bridgehead atoms. The number of benzene rings is 1. The zero-order valence-corrected chi connectivity index (χ0v) is 11.1. The molecule has 0 aliphatic rings. The molecule has 1 amide bonds. The number of rotatable bonds is 5. The number of carbonyl (C=O) groups excluding carboxylic acids is 1. The molecule has 0 saturated heterocycles. The highest BCUT2D eigenvalue weighted by Gasteiger charge is 2.09. The second-order valence-electron chi connectivity index (χ2n) is 4.68. The lowest BCUT2D eigenvalue weighted by Gasteiger charge is -2.17. The standard InChI is InChI=1S/C14H22N2O/c1-10(2)16-14(17)9-15-12(4)13-8-6-5-7-11(13)3/h5-8,10,12,15H,9H2,1-4H3,(H,16,17)/t12-/m0/s1. The second-order valence-corrected chi connectivity index (χ2v) is 4.68. The Labute approximate surface area is 104 Å². The smallest absolute Gasteiger partial charge is 0.234 e. The van der Waals surface area contributed by atoms with E-state index in [0.717, 1.165) is 0 Å². The monoisotopic (exact) mass is 234 g/mol. The van der Waals surface area contributed by atoms with Gasteiger partial charge in [-0.3, -0.25) is 4.79 Å². The van der Waals surface area contributed by atoms with Gasteiger partial charge in [0.1, 0.15) is 0 Å². The van der Waals surface area contributed by atoms with Gasteiger partial charge in [0.25, 0.3) is 0 Å². The van der Waals surface area contributed by atoms with Crippen molar-refractivity contribution in [2.75, 3.05) is 6.54 Å². The summed E-state index contributed by atoms with van der Waals surface area (Å²) in [7, 11) is 0. The molecule has 17 heavy (non-hydrogen) atoms. The zero-order chi connectivity index (χ0) is 12.8. The van der Waals surface area contributed by atoms with Crippen LogP contribution in [0.4, 0.5) is 0 Å². The van der Waals surface area contributed by atoms with Gasteiger partial charge < -0.3 is 10.6 Å². The van der Waals surface area contributed by atoms with Crippen molar-refractivity contribution in [2.45, 2.75) is 39.8 Å². The SMILES string of the molecule is Cc1ccccc1[C@H](C)NCC(=O)NC(C)C. The molecule has 0 aromatic heterocycles. The van der Waals surface area contributed by atoms with E-state index >= 15 is 0 Å². The molecule has 0 fully saturated rings. The summed E-state index contributed by atoms with van der Waals surface area (Å²) in [6, 6.07) is 8.60. The van der Waals surface area contributed by atoms with Crippen LogP contribution in [0.1, 0.15) is 37.9 Å². The van der Waals surface area contributed by atoms with Gasteiger partial charge in [-0.1, -0.05) is 24.3 Å². The minimum Gasteiger partial charge on any atom is -0.353 e. The first-order valence-electron chi connectivity index (χ1n) is 6.09. The average Bonchev–Trinajstić information content (AvgIpc) is 2.25. The Balaban J connectivity index is 2.48. The molecule has 1 aromatic carbocycles. The molecule has 3 nitrogen and oxygen atoms in total. The first kappa shape index (κ1) is 13.7. The Morgan fingerprint density at radius 1 is 1.24 bits per heavy atom. The van der Waals surface area contributed by atoms with Crippen LogP contribution >= 0.6 is 0 Å². The minimum absolute atomic E-state index is 0.0421. The summed E-state index contributed by atoms with van der Waals surface area (Å²) in [6.45, 7) is 8.44. The summed E-state index contributed by atoms with van der Waals surface area (Å²) >= 11 is 0. The van der Waals surface area contributed by atoms with Crippen LogP contribution in [-0.2, 0) is 4.79 Å². The van der Waals surface area contributed by atoms with Crippen LogP contribution in [0.15, 0.2) is 24.3 Å². The van der Waals surface area contributed by atoms with Gasteiger partial charge in [0, 0.05) is 12.1 Å². The molecule has 0 heterocycles. The Kier molecular flexibility index (Phi) is 5.16. The third kappa shape index (κ3) is 4.57. The summed E-state index contributed by atoms with van der Waals surface area (Å²) in [5, 5.41) is 6.10. The maximum absolute atomic E-state index is 11.5. The van der Waals surface area contributed by atoms with Crippen molar-refractivity contribution in [3.05, 3.63) is 35.4 Å². The second kappa shape index (κ2) is 6.40. The predicted octanol–water partition coefficient (Wildman–Crippen LogP) is 2.17. The van der Waals surface area contributed by atoms with E-state index in [1.165, 1.54) is 11.1 Å². The van der Waals surface area contributed by atoms with Crippen LogP contribution in [0.3, 0.4) is 0 Å². The van der Waals surface area contributed by atoms with Crippen molar-refractivity contribution in [3.63, 3.8) is 0 Å². The summed E-state index contributed by atoms with van der Waals surface area (Å²) < 4.78 is 0. The maximum Gasteiger partial charge on any atom is 0.234 e. The Morgan fingerprint density at radius 3 is 2.47 bits per heavy atom. The van der Waals surface area contributed by atoms with Crippen LogP contribution in [0.2, 0.25) is 0 Å². The molecule has 0 unspecified atom stereocenters. The van der Waals surface area contributed by atoms with Crippen molar-refractivity contribution in [1.82, 2.24) is 10.6 Å². The van der Waals surface area contributed by atoms with E-state index in [2.05, 4.69) is 36.6 Å². The molecule has 1 aromatic rings. The number of hydrogen-bond acceptors (Lipinski definition) is 2. The summed E-state index contributed by atoms with van der Waals surface area (Å²) in [4.78, 5) is 11.5. The molecule has 1 atom stereocenters. The first-order chi connectivity index (χ1) is 8.00. The lowest BCUT2D eigenvalue weighted by molar-refractivity contribution is -0.120. The lowest BCUT2D eigenvalue weighted by Crippen LogP contribution is -2.38. The van der Waals surface area contributed by atoms with Crippen molar-refractivity contribution >= 4 is 5.91 Å². The lowest BCUT2D eigenvalue weighted by atomic mass is 10.0. The van der Waals surface area contributed by atoms with Crippen LogP contribution < -0.4 is 10.6 Å². The van der Waals surface area contributed by atoms with Gasteiger partial charge in [0.15, 0.2) is 0 Å². The molecule has 0 aliphatic heterocycles. The molecular weight excluding hydrogens is 212 g/mol. The third-order valence-electron chi connectivity index (χ3n) is 2.67. The average molecular weight is 234 g/mol. The van der Waals surface area contributed by atoms with E-state index in [-0.39, 0.29) is 18.0 Å². The van der Waals surface area contributed by atoms with E-state index in [1.54, 1.807) is 0 Å².